The van der Waals surface area contributed by atoms with Gasteiger partial charge < -0.3 is 0 Å². The van der Waals surface area contributed by atoms with Crippen molar-refractivity contribution in [2.75, 3.05) is 0 Å². The van der Waals surface area contributed by atoms with E-state index in [-0.39, 0.29) is 0 Å². The summed E-state index contributed by atoms with van der Waals surface area (Å²) in [5, 5.41) is 0. The van der Waals surface area contributed by atoms with Crippen molar-refractivity contribution in [2.24, 2.45) is 0 Å². The summed E-state index contributed by atoms with van der Waals surface area (Å²) >= 11 is 0. The van der Waals surface area contributed by atoms with Crippen LogP contribution in [0.25, 0.3) is 6.08 Å². The largest absolute Gasteiger partial charge is 0.125 e. The van der Waals surface area contributed by atoms with Crippen molar-refractivity contribution in [3.8, 4) is 0 Å². The highest BCUT2D eigenvalue weighted by Gasteiger charge is 1.78. The fourth-order valence-corrected chi connectivity index (χ4v) is 1.07. The second kappa shape index (κ2) is 6.94. The average Bonchev–Trinajstić information content (AvgIpc) is 2.25. The number of hydrogen-bond acceptors (Lipinski definition) is 0. The molecule has 0 bridgehead atoms. The van der Waals surface area contributed by atoms with Crippen molar-refractivity contribution in [3.63, 3.8) is 0 Å². The molecule has 0 N–H and O–H groups in total. The van der Waals surface area contributed by atoms with Crippen LogP contribution in [0.4, 0.5) is 0 Å². The molecule has 0 aromatic heterocycles. The number of benzene rings is 1. The van der Waals surface area contributed by atoms with Gasteiger partial charge in [-0.15, -0.1) is 5.73 Å². The molecule has 0 aliphatic carbocycles. The monoisotopic (exact) mass is 184 g/mol. The minimum atomic E-state index is 1.11. The van der Waals surface area contributed by atoms with Gasteiger partial charge in [-0.3, -0.25) is 0 Å². The van der Waals surface area contributed by atoms with Gasteiger partial charge in [0.15, 0.2) is 0 Å². The second-order valence-electron chi connectivity index (χ2n) is 3.10. The standard InChI is InChI=1S/C14H16/c1-2-3-4-5-6-8-11-14-12-9-7-10-13-14/h4,6-13H,2-3H2,1H3/b11-8+. The van der Waals surface area contributed by atoms with E-state index in [0.29, 0.717) is 0 Å². The fourth-order valence-electron chi connectivity index (χ4n) is 1.07. The van der Waals surface area contributed by atoms with Crippen LogP contribution in [-0.2, 0) is 0 Å². The molecule has 0 saturated heterocycles. The van der Waals surface area contributed by atoms with Crippen molar-refractivity contribution < 1.29 is 0 Å². The zero-order valence-electron chi connectivity index (χ0n) is 8.61. The van der Waals surface area contributed by atoms with Gasteiger partial charge in [-0.25, -0.2) is 0 Å². The Morgan fingerprint density at radius 1 is 1.21 bits per heavy atom. The first-order valence-corrected chi connectivity index (χ1v) is 5.06. The molecule has 0 unspecified atom stereocenters. The van der Waals surface area contributed by atoms with Crippen LogP contribution in [-0.4, -0.2) is 0 Å². The molecule has 72 valence electrons. The Morgan fingerprint density at radius 2 is 2.00 bits per heavy atom. The highest BCUT2D eigenvalue weighted by atomic mass is 13.8. The predicted molar refractivity (Wildman–Crippen MR) is 63.0 cm³/mol. The van der Waals surface area contributed by atoms with Crippen LogP contribution in [0.5, 0.6) is 0 Å². The average molecular weight is 184 g/mol. The molecule has 0 spiro atoms. The smallest absolute Gasteiger partial charge is 0.0203 e. The zero-order valence-corrected chi connectivity index (χ0v) is 8.61. The molecule has 0 amide bonds. The highest BCUT2D eigenvalue weighted by Crippen LogP contribution is 2.00. The van der Waals surface area contributed by atoms with E-state index in [4.69, 9.17) is 0 Å². The van der Waals surface area contributed by atoms with E-state index < -0.39 is 0 Å². The fraction of sp³-hybridized carbons (Fsp3) is 0.214. The maximum Gasteiger partial charge on any atom is -0.0203 e. The molecule has 0 fully saturated rings. The molecular weight excluding hydrogens is 168 g/mol. The molecule has 0 atom stereocenters. The van der Waals surface area contributed by atoms with Gasteiger partial charge >= 0.3 is 0 Å². The van der Waals surface area contributed by atoms with Gasteiger partial charge in [0.25, 0.3) is 0 Å². The zero-order chi connectivity index (χ0) is 10.1. The van der Waals surface area contributed by atoms with Gasteiger partial charge in [0.1, 0.15) is 0 Å². The summed E-state index contributed by atoms with van der Waals surface area (Å²) in [6.45, 7) is 2.16. The molecule has 0 saturated carbocycles. The molecule has 1 aromatic rings. The van der Waals surface area contributed by atoms with Crippen molar-refractivity contribution in [1.82, 2.24) is 0 Å². The Kier molecular flexibility index (Phi) is 5.23. The molecule has 0 heteroatoms. The number of rotatable bonds is 4. The summed E-state index contributed by atoms with van der Waals surface area (Å²) in [6.07, 6.45) is 10.4. The summed E-state index contributed by atoms with van der Waals surface area (Å²) in [7, 11) is 0. The highest BCUT2D eigenvalue weighted by molar-refractivity contribution is 5.50. The topological polar surface area (TPSA) is 0 Å². The van der Waals surface area contributed by atoms with Crippen LogP contribution in [0.2, 0.25) is 0 Å². The Hall–Kier alpha value is -1.52. The second-order valence-corrected chi connectivity index (χ2v) is 3.10. The van der Waals surface area contributed by atoms with Gasteiger partial charge in [-0.1, -0.05) is 55.8 Å². The first kappa shape index (κ1) is 10.6. The normalized spacial score (nSPS) is 9.79. The van der Waals surface area contributed by atoms with Gasteiger partial charge in [0.05, 0.1) is 0 Å². The Labute approximate surface area is 86.3 Å². The number of unbranched alkanes of at least 4 members (excludes halogenated alkanes) is 1. The lowest BCUT2D eigenvalue weighted by atomic mass is 10.2. The molecular formula is C14H16. The van der Waals surface area contributed by atoms with Crippen LogP contribution in [0.15, 0.2) is 54.3 Å². The summed E-state index contributed by atoms with van der Waals surface area (Å²) in [4.78, 5) is 0. The van der Waals surface area contributed by atoms with Crippen LogP contribution >= 0.6 is 0 Å². The quantitative estimate of drug-likeness (QED) is 0.485. The van der Waals surface area contributed by atoms with Gasteiger partial charge in [-0.05, 0) is 24.1 Å². The van der Waals surface area contributed by atoms with E-state index in [1.54, 1.807) is 0 Å². The lowest BCUT2D eigenvalue weighted by Crippen LogP contribution is -1.66. The molecule has 0 aliphatic heterocycles. The Balaban J connectivity index is 2.45. The molecule has 0 nitrogen and oxygen atoms in total. The third kappa shape index (κ3) is 4.49. The lowest BCUT2D eigenvalue weighted by Gasteiger charge is -1.87. The van der Waals surface area contributed by atoms with E-state index in [1.807, 2.05) is 30.4 Å². The van der Waals surface area contributed by atoms with E-state index in [0.717, 1.165) is 6.42 Å². The first-order valence-electron chi connectivity index (χ1n) is 5.06. The number of hydrogen-bond donors (Lipinski definition) is 0. The Bertz CT molecular complexity index is 324. The van der Waals surface area contributed by atoms with Gasteiger partial charge in [0.2, 0.25) is 0 Å². The molecule has 0 radical (unpaired) electrons. The van der Waals surface area contributed by atoms with Crippen LogP contribution in [0.1, 0.15) is 25.3 Å². The van der Waals surface area contributed by atoms with Crippen LogP contribution < -0.4 is 0 Å². The maximum absolute atomic E-state index is 3.12. The summed E-state index contributed by atoms with van der Waals surface area (Å²) in [5.41, 5.74) is 4.34. The van der Waals surface area contributed by atoms with E-state index >= 15 is 0 Å². The van der Waals surface area contributed by atoms with Crippen molar-refractivity contribution in [3.05, 3.63) is 59.9 Å². The minimum absolute atomic E-state index is 1.11. The van der Waals surface area contributed by atoms with Crippen molar-refractivity contribution in [1.29, 1.82) is 0 Å². The summed E-state index contributed by atoms with van der Waals surface area (Å²) < 4.78 is 0. The van der Waals surface area contributed by atoms with E-state index in [2.05, 4.69) is 36.9 Å². The Morgan fingerprint density at radius 3 is 2.71 bits per heavy atom. The number of allylic oxidation sites excluding steroid dienone is 2. The third-order valence-electron chi connectivity index (χ3n) is 1.83. The first-order chi connectivity index (χ1) is 6.93. The summed E-state index contributed by atoms with van der Waals surface area (Å²) in [6, 6.07) is 10.3. The molecule has 1 aromatic carbocycles. The maximum atomic E-state index is 3.12. The SMILES string of the molecule is CCCC=C=C/C=C/c1ccccc1. The van der Waals surface area contributed by atoms with Crippen LogP contribution in [0, 0.1) is 0 Å². The molecule has 0 heterocycles. The van der Waals surface area contributed by atoms with E-state index in [1.165, 1.54) is 12.0 Å². The van der Waals surface area contributed by atoms with Gasteiger partial charge in [0, 0.05) is 0 Å². The predicted octanol–water partition coefficient (Wildman–Crippen LogP) is 4.21. The van der Waals surface area contributed by atoms with E-state index in [9.17, 15) is 0 Å². The third-order valence-corrected chi connectivity index (χ3v) is 1.83. The molecule has 0 aliphatic rings. The summed E-state index contributed by atoms with van der Waals surface area (Å²) in [5.74, 6) is 0. The van der Waals surface area contributed by atoms with Gasteiger partial charge in [-0.2, -0.15) is 0 Å². The lowest BCUT2D eigenvalue weighted by molar-refractivity contribution is 0.960. The molecule has 1 rings (SSSR count). The minimum Gasteiger partial charge on any atom is -0.125 e. The van der Waals surface area contributed by atoms with Crippen molar-refractivity contribution >= 4 is 6.08 Å². The van der Waals surface area contributed by atoms with Crippen molar-refractivity contribution in [2.45, 2.75) is 19.8 Å². The van der Waals surface area contributed by atoms with Crippen LogP contribution in [0.3, 0.4) is 0 Å². The molecule has 14 heavy (non-hydrogen) atoms.